The van der Waals surface area contributed by atoms with E-state index in [1.54, 1.807) is 6.92 Å². The second-order valence-electron chi connectivity index (χ2n) is 2.51. The van der Waals surface area contributed by atoms with Gasteiger partial charge >= 0.3 is 5.97 Å². The van der Waals surface area contributed by atoms with Crippen LogP contribution in [-0.4, -0.2) is 17.7 Å². The van der Waals surface area contributed by atoms with Crippen LogP contribution in [0.2, 0.25) is 0 Å². The van der Waals surface area contributed by atoms with E-state index in [1.165, 1.54) is 6.07 Å². The summed E-state index contributed by atoms with van der Waals surface area (Å²) >= 11 is 2.97. The molecule has 0 saturated heterocycles. The monoisotopic (exact) mass is 262 g/mol. The van der Waals surface area contributed by atoms with Gasteiger partial charge in [-0.3, -0.25) is 0 Å². The molecule has 0 saturated carbocycles. The summed E-state index contributed by atoms with van der Waals surface area (Å²) in [7, 11) is 0. The zero-order valence-corrected chi connectivity index (χ0v) is 8.97. The fourth-order valence-corrected chi connectivity index (χ4v) is 1.29. The lowest BCUT2D eigenvalue weighted by atomic mass is 10.2. The molecule has 0 atom stereocenters. The van der Waals surface area contributed by atoms with Gasteiger partial charge in [-0.05, 0) is 35.0 Å². The minimum atomic E-state index is -1.18. The lowest BCUT2D eigenvalue weighted by molar-refractivity contribution is 0.0695. The first kappa shape index (κ1) is 11.0. The summed E-state index contributed by atoms with van der Waals surface area (Å²) in [4.78, 5) is 10.6. The van der Waals surface area contributed by atoms with Crippen LogP contribution in [-0.2, 0) is 0 Å². The first-order valence-electron chi connectivity index (χ1n) is 3.91. The lowest BCUT2D eigenvalue weighted by Gasteiger charge is -2.07. The molecule has 0 aromatic heterocycles. The molecule has 0 aliphatic rings. The smallest absolute Gasteiger partial charge is 0.335 e. The number of rotatable bonds is 3. The summed E-state index contributed by atoms with van der Waals surface area (Å²) in [6, 6.07) is 2.22. The van der Waals surface area contributed by atoms with Crippen LogP contribution in [0.1, 0.15) is 17.3 Å². The van der Waals surface area contributed by atoms with Gasteiger partial charge in [0, 0.05) is 0 Å². The summed E-state index contributed by atoms with van der Waals surface area (Å²) in [6.07, 6.45) is 0. The predicted octanol–water partition coefficient (Wildman–Crippen LogP) is 2.69. The number of hydrogen-bond acceptors (Lipinski definition) is 2. The van der Waals surface area contributed by atoms with Crippen LogP contribution in [0.25, 0.3) is 0 Å². The molecular weight excluding hydrogens is 255 g/mol. The number of ether oxygens (including phenoxy) is 1. The average molecular weight is 263 g/mol. The van der Waals surface area contributed by atoms with Gasteiger partial charge in [0.05, 0.1) is 16.6 Å². The highest BCUT2D eigenvalue weighted by atomic mass is 79.9. The molecule has 1 N–H and O–H groups in total. The maximum atomic E-state index is 13.1. The Balaban J connectivity index is 3.20. The molecule has 1 rings (SSSR count). The molecule has 0 bridgehead atoms. The Labute approximate surface area is 88.6 Å². The van der Waals surface area contributed by atoms with E-state index in [4.69, 9.17) is 9.84 Å². The van der Waals surface area contributed by atoms with Crippen LogP contribution >= 0.6 is 15.9 Å². The molecule has 3 nitrogen and oxygen atoms in total. The molecule has 0 aliphatic carbocycles. The quantitative estimate of drug-likeness (QED) is 0.911. The van der Waals surface area contributed by atoms with E-state index in [-0.39, 0.29) is 15.8 Å². The molecule has 0 spiro atoms. The number of carbonyl (C=O) groups is 1. The van der Waals surface area contributed by atoms with Crippen molar-refractivity contribution in [2.75, 3.05) is 6.61 Å². The average Bonchev–Trinajstić information content (AvgIpc) is 2.12. The van der Waals surface area contributed by atoms with Crippen LogP contribution in [0.15, 0.2) is 16.6 Å². The second-order valence-corrected chi connectivity index (χ2v) is 3.30. The van der Waals surface area contributed by atoms with Crippen molar-refractivity contribution in [1.29, 1.82) is 0 Å². The summed E-state index contributed by atoms with van der Waals surface area (Å²) in [5.41, 5.74) is -0.130. The first-order valence-corrected chi connectivity index (χ1v) is 4.70. The summed E-state index contributed by atoms with van der Waals surface area (Å²) < 4.78 is 18.3. The highest BCUT2D eigenvalue weighted by Gasteiger charge is 2.13. The molecule has 0 heterocycles. The molecule has 0 amide bonds. The van der Waals surface area contributed by atoms with Crippen LogP contribution in [0.4, 0.5) is 4.39 Å². The van der Waals surface area contributed by atoms with Crippen molar-refractivity contribution in [2.24, 2.45) is 0 Å². The molecule has 76 valence electrons. The molecule has 0 fully saturated rings. The molecule has 14 heavy (non-hydrogen) atoms. The Bertz CT molecular complexity index is 365. The first-order chi connectivity index (χ1) is 6.56. The maximum absolute atomic E-state index is 13.1. The normalized spacial score (nSPS) is 9.93. The van der Waals surface area contributed by atoms with E-state index >= 15 is 0 Å². The molecule has 0 unspecified atom stereocenters. The van der Waals surface area contributed by atoms with Gasteiger partial charge in [0.2, 0.25) is 0 Å². The standard InChI is InChI=1S/C9H8BrFO3/c1-2-14-7-4-5(9(12)13)3-6(11)8(7)10/h3-4H,2H2,1H3,(H,12,13). The minimum Gasteiger partial charge on any atom is -0.493 e. The molecule has 1 aromatic rings. The minimum absolute atomic E-state index is 0.130. The van der Waals surface area contributed by atoms with Gasteiger partial charge < -0.3 is 9.84 Å². The van der Waals surface area contributed by atoms with Crippen molar-refractivity contribution in [3.8, 4) is 5.75 Å². The summed E-state index contributed by atoms with van der Waals surface area (Å²) in [5.74, 6) is -1.63. The molecule has 0 radical (unpaired) electrons. The van der Waals surface area contributed by atoms with Crippen LogP contribution < -0.4 is 4.74 Å². The van der Waals surface area contributed by atoms with Crippen molar-refractivity contribution in [3.63, 3.8) is 0 Å². The number of carboxylic acids is 1. The predicted molar refractivity (Wildman–Crippen MR) is 52.2 cm³/mol. The Morgan fingerprint density at radius 3 is 2.79 bits per heavy atom. The zero-order valence-electron chi connectivity index (χ0n) is 7.38. The Morgan fingerprint density at radius 2 is 2.29 bits per heavy atom. The number of hydrogen-bond donors (Lipinski definition) is 1. The molecule has 0 aliphatic heterocycles. The largest absolute Gasteiger partial charge is 0.493 e. The summed E-state index contributed by atoms with van der Waals surface area (Å²) in [5, 5.41) is 8.66. The van der Waals surface area contributed by atoms with Gasteiger partial charge in [0.15, 0.2) is 0 Å². The Kier molecular flexibility index (Phi) is 3.46. The fraction of sp³-hybridized carbons (Fsp3) is 0.222. The third-order valence-electron chi connectivity index (χ3n) is 1.54. The highest BCUT2D eigenvalue weighted by molar-refractivity contribution is 9.10. The van der Waals surface area contributed by atoms with Gasteiger partial charge in [-0.25, -0.2) is 9.18 Å². The molecular formula is C9H8BrFO3. The second kappa shape index (κ2) is 4.41. The Hall–Kier alpha value is -1.10. The zero-order chi connectivity index (χ0) is 10.7. The van der Waals surface area contributed by atoms with E-state index in [0.717, 1.165) is 6.07 Å². The number of benzene rings is 1. The van der Waals surface area contributed by atoms with Crippen molar-refractivity contribution in [2.45, 2.75) is 6.92 Å². The van der Waals surface area contributed by atoms with Crippen molar-refractivity contribution in [1.82, 2.24) is 0 Å². The number of aromatic carboxylic acids is 1. The number of carboxylic acid groups (broad SMARTS) is 1. The van der Waals surface area contributed by atoms with E-state index in [2.05, 4.69) is 15.9 Å². The van der Waals surface area contributed by atoms with Gasteiger partial charge in [-0.1, -0.05) is 0 Å². The van der Waals surface area contributed by atoms with E-state index in [1.807, 2.05) is 0 Å². The van der Waals surface area contributed by atoms with E-state index in [9.17, 15) is 9.18 Å². The third-order valence-corrected chi connectivity index (χ3v) is 2.31. The Morgan fingerprint density at radius 1 is 1.64 bits per heavy atom. The van der Waals surface area contributed by atoms with E-state index in [0.29, 0.717) is 6.61 Å². The SMILES string of the molecule is CCOc1cc(C(=O)O)cc(F)c1Br. The maximum Gasteiger partial charge on any atom is 0.335 e. The van der Waals surface area contributed by atoms with Crippen molar-refractivity contribution < 1.29 is 19.0 Å². The van der Waals surface area contributed by atoms with E-state index < -0.39 is 11.8 Å². The third kappa shape index (κ3) is 2.23. The van der Waals surface area contributed by atoms with Crippen LogP contribution in [0, 0.1) is 5.82 Å². The van der Waals surface area contributed by atoms with Gasteiger partial charge in [-0.2, -0.15) is 0 Å². The van der Waals surface area contributed by atoms with Gasteiger partial charge in [0.1, 0.15) is 11.6 Å². The highest BCUT2D eigenvalue weighted by Crippen LogP contribution is 2.29. The van der Waals surface area contributed by atoms with Crippen molar-refractivity contribution >= 4 is 21.9 Å². The van der Waals surface area contributed by atoms with Gasteiger partial charge in [0.25, 0.3) is 0 Å². The van der Waals surface area contributed by atoms with Crippen LogP contribution in [0.3, 0.4) is 0 Å². The fourth-order valence-electron chi connectivity index (χ4n) is 0.948. The van der Waals surface area contributed by atoms with Gasteiger partial charge in [-0.15, -0.1) is 0 Å². The number of halogens is 2. The lowest BCUT2D eigenvalue weighted by Crippen LogP contribution is -2.01. The molecule has 1 aromatic carbocycles. The summed E-state index contributed by atoms with van der Waals surface area (Å²) in [6.45, 7) is 2.08. The van der Waals surface area contributed by atoms with Crippen LogP contribution in [0.5, 0.6) is 5.75 Å². The van der Waals surface area contributed by atoms with Crippen molar-refractivity contribution in [3.05, 3.63) is 28.0 Å². The topological polar surface area (TPSA) is 46.5 Å². The molecule has 5 heteroatoms.